The lowest BCUT2D eigenvalue weighted by Crippen LogP contribution is -2.49. The Bertz CT molecular complexity index is 1510. The Hall–Kier alpha value is -4.83. The lowest BCUT2D eigenvalue weighted by molar-refractivity contribution is -0.111. The van der Waals surface area contributed by atoms with Gasteiger partial charge in [-0.05, 0) is 67.7 Å². The fraction of sp³-hybridized carbons (Fsp3) is 0.167. The van der Waals surface area contributed by atoms with E-state index in [1.807, 2.05) is 35.2 Å². The minimum absolute atomic E-state index is 0.321. The van der Waals surface area contributed by atoms with E-state index >= 15 is 0 Å². The largest absolute Gasteiger partial charge is 0.366 e. The highest BCUT2D eigenvalue weighted by atomic mass is 19.1. The van der Waals surface area contributed by atoms with Crippen LogP contribution in [0.2, 0.25) is 0 Å². The first kappa shape index (κ1) is 26.8. The summed E-state index contributed by atoms with van der Waals surface area (Å²) in [5.74, 6) is -0.360. The van der Waals surface area contributed by atoms with Crippen LogP contribution in [0.3, 0.4) is 0 Å². The van der Waals surface area contributed by atoms with Crippen molar-refractivity contribution in [1.29, 1.82) is 0 Å². The van der Waals surface area contributed by atoms with Gasteiger partial charge in [-0.3, -0.25) is 9.69 Å². The average molecular weight is 542 g/mol. The highest BCUT2D eigenvalue weighted by molar-refractivity contribution is 5.99. The molecule has 0 spiro atoms. The summed E-state index contributed by atoms with van der Waals surface area (Å²) < 4.78 is 28.0. The Morgan fingerprint density at radius 1 is 1.00 bits per heavy atom. The Balaban J connectivity index is 1.42. The molecule has 4 aromatic rings. The Kier molecular flexibility index (Phi) is 7.97. The predicted molar refractivity (Wildman–Crippen MR) is 155 cm³/mol. The zero-order valence-corrected chi connectivity index (χ0v) is 21.9. The minimum atomic E-state index is -0.999. The van der Waals surface area contributed by atoms with Gasteiger partial charge in [-0.2, -0.15) is 0 Å². The topological polar surface area (TPSA) is 85.4 Å². The van der Waals surface area contributed by atoms with Crippen LogP contribution in [0.25, 0.3) is 11.3 Å². The quantitative estimate of drug-likeness (QED) is 0.188. The van der Waals surface area contributed by atoms with Crippen molar-refractivity contribution in [2.45, 2.75) is 6.30 Å². The third-order valence-corrected chi connectivity index (χ3v) is 6.54. The van der Waals surface area contributed by atoms with E-state index in [9.17, 15) is 13.6 Å². The van der Waals surface area contributed by atoms with E-state index in [4.69, 9.17) is 4.98 Å². The number of halogens is 2. The van der Waals surface area contributed by atoms with Crippen molar-refractivity contribution in [2.24, 2.45) is 0 Å². The number of alkyl halides is 1. The van der Waals surface area contributed by atoms with Gasteiger partial charge in [0.15, 0.2) is 6.30 Å². The molecule has 8 nitrogen and oxygen atoms in total. The number of carbonyl (C=O) groups excluding carboxylic acids is 1. The van der Waals surface area contributed by atoms with Gasteiger partial charge in [0.1, 0.15) is 5.82 Å². The molecule has 0 radical (unpaired) electrons. The molecule has 204 valence electrons. The molecule has 40 heavy (non-hydrogen) atoms. The molecule has 5 rings (SSSR count). The standard InChI is InChI=1S/C30H29F2N7O/c1-3-28(40)35-23-8-4-6-20(16-23)29-26(34-24-9-5-7-21(31)17-24)18-33-30(37-29)36-22-10-12-25(13-11-22)39-15-14-38(2)27(32)19-39/h3-13,16-18,27,34H,1,14-15,19H2,2H3,(H,35,40)(H,33,36,37). The maximum Gasteiger partial charge on any atom is 0.247 e. The van der Waals surface area contributed by atoms with Crippen LogP contribution >= 0.6 is 0 Å². The van der Waals surface area contributed by atoms with Gasteiger partial charge in [-0.15, -0.1) is 0 Å². The van der Waals surface area contributed by atoms with Gasteiger partial charge >= 0.3 is 0 Å². The highest BCUT2D eigenvalue weighted by Gasteiger charge is 2.23. The van der Waals surface area contributed by atoms with E-state index in [1.54, 1.807) is 48.5 Å². The van der Waals surface area contributed by atoms with Gasteiger partial charge in [0.25, 0.3) is 0 Å². The number of nitrogens with zero attached hydrogens (tertiary/aromatic N) is 4. The summed E-state index contributed by atoms with van der Waals surface area (Å²) in [7, 11) is 1.79. The summed E-state index contributed by atoms with van der Waals surface area (Å²) in [6, 6.07) is 21.0. The molecule has 2 heterocycles. The number of rotatable bonds is 8. The number of nitrogens with one attached hydrogen (secondary N) is 3. The fourth-order valence-electron chi connectivity index (χ4n) is 4.36. The molecule has 0 aliphatic carbocycles. The van der Waals surface area contributed by atoms with Crippen molar-refractivity contribution in [3.8, 4) is 11.3 Å². The summed E-state index contributed by atoms with van der Waals surface area (Å²) in [6.45, 7) is 5.22. The zero-order chi connectivity index (χ0) is 28.1. The van der Waals surface area contributed by atoms with Crippen molar-refractivity contribution in [3.05, 3.63) is 97.5 Å². The number of hydrogen-bond acceptors (Lipinski definition) is 7. The van der Waals surface area contributed by atoms with Crippen LogP contribution < -0.4 is 20.9 Å². The van der Waals surface area contributed by atoms with Crippen molar-refractivity contribution in [3.63, 3.8) is 0 Å². The second-order valence-electron chi connectivity index (χ2n) is 9.40. The van der Waals surface area contributed by atoms with Gasteiger partial charge in [0.2, 0.25) is 11.9 Å². The zero-order valence-electron chi connectivity index (χ0n) is 21.9. The first-order valence-electron chi connectivity index (χ1n) is 12.8. The summed E-state index contributed by atoms with van der Waals surface area (Å²) in [5, 5.41) is 9.17. The van der Waals surface area contributed by atoms with E-state index in [-0.39, 0.29) is 11.7 Å². The maximum absolute atomic E-state index is 14.2. The number of hydrogen-bond donors (Lipinski definition) is 3. The van der Waals surface area contributed by atoms with Gasteiger partial charge in [0.05, 0.1) is 24.1 Å². The number of carbonyl (C=O) groups is 1. The van der Waals surface area contributed by atoms with Crippen LogP contribution in [-0.4, -0.2) is 53.8 Å². The van der Waals surface area contributed by atoms with Crippen LogP contribution in [-0.2, 0) is 4.79 Å². The highest BCUT2D eigenvalue weighted by Crippen LogP contribution is 2.32. The Labute approximate surface area is 231 Å². The second-order valence-corrected chi connectivity index (χ2v) is 9.40. The molecule has 1 aliphatic heterocycles. The van der Waals surface area contributed by atoms with Gasteiger partial charge in [0, 0.05) is 41.4 Å². The maximum atomic E-state index is 14.2. The van der Waals surface area contributed by atoms with E-state index < -0.39 is 6.30 Å². The van der Waals surface area contributed by atoms with Crippen LogP contribution in [0.5, 0.6) is 0 Å². The molecule has 0 saturated carbocycles. The van der Waals surface area contributed by atoms with Crippen molar-refractivity contribution in [1.82, 2.24) is 14.9 Å². The number of anilines is 6. The SMILES string of the molecule is C=CC(=O)Nc1cccc(-c2nc(Nc3ccc(N4CCN(C)C(F)C4)cc3)ncc2Nc2cccc(F)c2)c1. The molecule has 3 aromatic carbocycles. The molecular formula is C30H29F2N7O. The third kappa shape index (κ3) is 6.41. The summed E-state index contributed by atoms with van der Waals surface area (Å²) >= 11 is 0. The molecule has 0 bridgehead atoms. The fourth-order valence-corrected chi connectivity index (χ4v) is 4.36. The molecule has 1 unspecified atom stereocenters. The van der Waals surface area contributed by atoms with Gasteiger partial charge in [-0.1, -0.05) is 24.8 Å². The number of likely N-dealkylation sites (N-methyl/N-ethyl adjacent to an activating group) is 1. The second kappa shape index (κ2) is 11.9. The van der Waals surface area contributed by atoms with Crippen molar-refractivity contribution < 1.29 is 13.6 Å². The van der Waals surface area contributed by atoms with Crippen LogP contribution in [0, 0.1) is 5.82 Å². The van der Waals surface area contributed by atoms with Crippen molar-refractivity contribution >= 4 is 40.3 Å². The number of amides is 1. The lowest BCUT2D eigenvalue weighted by atomic mass is 10.1. The molecule has 1 aromatic heterocycles. The summed E-state index contributed by atoms with van der Waals surface area (Å²) in [5.41, 5.74) is 4.61. The summed E-state index contributed by atoms with van der Waals surface area (Å²) in [6.07, 6.45) is 1.81. The monoisotopic (exact) mass is 541 g/mol. The summed E-state index contributed by atoms with van der Waals surface area (Å²) in [4.78, 5) is 24.8. The first-order chi connectivity index (χ1) is 19.4. The average Bonchev–Trinajstić information content (AvgIpc) is 2.96. The molecule has 10 heteroatoms. The van der Waals surface area contributed by atoms with E-state index in [0.717, 1.165) is 17.9 Å². The van der Waals surface area contributed by atoms with Crippen LogP contribution in [0.15, 0.2) is 91.6 Å². The molecule has 3 N–H and O–H groups in total. The van der Waals surface area contributed by atoms with Crippen molar-refractivity contribution in [2.75, 3.05) is 47.5 Å². The molecule has 1 atom stereocenters. The van der Waals surface area contributed by atoms with Crippen LogP contribution in [0.4, 0.5) is 43.2 Å². The Morgan fingerprint density at radius 2 is 1.77 bits per heavy atom. The first-order valence-corrected chi connectivity index (χ1v) is 12.8. The molecule has 1 fully saturated rings. The van der Waals surface area contributed by atoms with Crippen LogP contribution in [0.1, 0.15) is 0 Å². The van der Waals surface area contributed by atoms with Gasteiger partial charge < -0.3 is 20.9 Å². The van der Waals surface area contributed by atoms with E-state index in [1.165, 1.54) is 18.2 Å². The van der Waals surface area contributed by atoms with E-state index in [2.05, 4.69) is 27.5 Å². The molecule has 1 aliphatic rings. The van der Waals surface area contributed by atoms with Gasteiger partial charge in [-0.25, -0.2) is 18.7 Å². The number of benzene rings is 3. The van der Waals surface area contributed by atoms with E-state index in [0.29, 0.717) is 47.4 Å². The Morgan fingerprint density at radius 3 is 2.52 bits per heavy atom. The minimum Gasteiger partial charge on any atom is -0.366 e. The molecule has 1 saturated heterocycles. The lowest BCUT2D eigenvalue weighted by Gasteiger charge is -2.36. The third-order valence-electron chi connectivity index (χ3n) is 6.54. The smallest absolute Gasteiger partial charge is 0.247 e. The number of piperazine rings is 1. The molecular weight excluding hydrogens is 512 g/mol. The number of aromatic nitrogens is 2. The normalized spacial score (nSPS) is 15.4. The predicted octanol–water partition coefficient (Wildman–Crippen LogP) is 5.94. The molecule has 1 amide bonds.